The average molecular weight is 370 g/mol. The molecule has 1 atom stereocenters. The Bertz CT molecular complexity index is 526. The summed E-state index contributed by atoms with van der Waals surface area (Å²) in [5.74, 6) is 0.891. The monoisotopic (exact) mass is 369 g/mol. The highest BCUT2D eigenvalue weighted by molar-refractivity contribution is 9.11. The third-order valence-corrected chi connectivity index (χ3v) is 8.06. The van der Waals surface area contributed by atoms with Crippen LogP contribution in [0.15, 0.2) is 14.7 Å². The van der Waals surface area contributed by atoms with Gasteiger partial charge in [-0.15, -0.1) is 11.3 Å². The molecule has 0 N–H and O–H groups in total. The molecule has 1 unspecified atom stereocenters. The van der Waals surface area contributed by atoms with Crippen molar-refractivity contribution < 1.29 is 8.42 Å². The van der Waals surface area contributed by atoms with Crippen molar-refractivity contribution in [2.24, 2.45) is 0 Å². The minimum absolute atomic E-state index is 0.427. The maximum absolute atomic E-state index is 12.6. The maximum atomic E-state index is 12.6. The molecule has 1 aliphatic heterocycles. The second-order valence-corrected chi connectivity index (χ2v) is 10.2. The number of halogens is 1. The van der Waals surface area contributed by atoms with E-state index in [1.165, 1.54) is 11.3 Å². The van der Waals surface area contributed by atoms with Gasteiger partial charge >= 0.3 is 0 Å². The molecule has 0 bridgehead atoms. The molecule has 0 amide bonds. The molecule has 1 aromatic heterocycles. The number of nitrogens with zero attached hydrogens (tertiary/aromatic N) is 1. The zero-order valence-electron chi connectivity index (χ0n) is 10.3. The summed E-state index contributed by atoms with van der Waals surface area (Å²) in [7, 11) is -3.31. The first kappa shape index (κ1) is 14.8. The molecule has 2 heterocycles. The van der Waals surface area contributed by atoms with Crippen LogP contribution >= 0.6 is 39.0 Å². The molecule has 0 saturated carbocycles. The van der Waals surface area contributed by atoms with E-state index in [1.807, 2.05) is 18.7 Å². The highest BCUT2D eigenvalue weighted by Gasteiger charge is 2.31. The van der Waals surface area contributed by atoms with E-state index in [4.69, 9.17) is 0 Å². The molecule has 1 saturated heterocycles. The number of aryl methyl sites for hydroxylation is 1. The Kier molecular flexibility index (Phi) is 4.80. The molecular weight excluding hydrogens is 354 g/mol. The SMILES string of the molecule is CCC1CN(S(=O)(=O)c2cc(Br)sc2C)CCS1. The minimum atomic E-state index is -3.31. The molecule has 1 aliphatic rings. The van der Waals surface area contributed by atoms with Gasteiger partial charge in [-0.2, -0.15) is 16.1 Å². The first-order valence-electron chi connectivity index (χ1n) is 5.83. The van der Waals surface area contributed by atoms with Gasteiger partial charge in [0, 0.05) is 29.0 Å². The fourth-order valence-corrected chi connectivity index (χ4v) is 7.24. The van der Waals surface area contributed by atoms with E-state index in [-0.39, 0.29) is 0 Å². The Morgan fingerprint density at radius 1 is 1.56 bits per heavy atom. The van der Waals surface area contributed by atoms with Gasteiger partial charge in [-0.25, -0.2) is 8.42 Å². The van der Waals surface area contributed by atoms with Crippen molar-refractivity contribution in [1.29, 1.82) is 0 Å². The third-order valence-electron chi connectivity index (χ3n) is 3.02. The summed E-state index contributed by atoms with van der Waals surface area (Å²) in [6, 6.07) is 1.72. The molecule has 0 spiro atoms. The summed E-state index contributed by atoms with van der Waals surface area (Å²) >= 11 is 6.70. The van der Waals surface area contributed by atoms with Crippen molar-refractivity contribution in [2.45, 2.75) is 30.4 Å². The van der Waals surface area contributed by atoms with E-state index in [2.05, 4.69) is 22.9 Å². The second kappa shape index (κ2) is 5.83. The summed E-state index contributed by atoms with van der Waals surface area (Å²) < 4.78 is 27.7. The molecule has 102 valence electrons. The van der Waals surface area contributed by atoms with Gasteiger partial charge in [0.1, 0.15) is 0 Å². The predicted molar refractivity (Wildman–Crippen MR) is 82.1 cm³/mol. The van der Waals surface area contributed by atoms with Crippen molar-refractivity contribution in [3.8, 4) is 0 Å². The molecule has 0 aromatic carbocycles. The summed E-state index contributed by atoms with van der Waals surface area (Å²) in [5.41, 5.74) is 0. The lowest BCUT2D eigenvalue weighted by Gasteiger charge is -2.30. The Morgan fingerprint density at radius 3 is 2.83 bits per heavy atom. The van der Waals surface area contributed by atoms with Crippen molar-refractivity contribution >= 4 is 49.1 Å². The summed E-state index contributed by atoms with van der Waals surface area (Å²) in [6.45, 7) is 5.23. The quantitative estimate of drug-likeness (QED) is 0.819. The maximum Gasteiger partial charge on any atom is 0.244 e. The highest BCUT2D eigenvalue weighted by atomic mass is 79.9. The van der Waals surface area contributed by atoms with Crippen LogP contribution in [0.1, 0.15) is 18.2 Å². The summed E-state index contributed by atoms with van der Waals surface area (Å²) in [5, 5.41) is 0.427. The van der Waals surface area contributed by atoms with Crippen LogP contribution in [-0.2, 0) is 10.0 Å². The van der Waals surface area contributed by atoms with Gasteiger partial charge in [0.2, 0.25) is 10.0 Å². The second-order valence-electron chi connectivity index (χ2n) is 4.24. The molecule has 0 aliphatic carbocycles. The number of thioether (sulfide) groups is 1. The number of hydrogen-bond acceptors (Lipinski definition) is 4. The van der Waals surface area contributed by atoms with E-state index in [9.17, 15) is 8.42 Å². The number of sulfonamides is 1. The Balaban J connectivity index is 2.28. The van der Waals surface area contributed by atoms with Crippen LogP contribution < -0.4 is 0 Å². The molecule has 1 fully saturated rings. The molecule has 1 aromatic rings. The molecule has 3 nitrogen and oxygen atoms in total. The van der Waals surface area contributed by atoms with Gasteiger partial charge < -0.3 is 0 Å². The Hall–Kier alpha value is 0.440. The fraction of sp³-hybridized carbons (Fsp3) is 0.636. The average Bonchev–Trinajstić information content (AvgIpc) is 2.69. The first-order chi connectivity index (χ1) is 8.45. The van der Waals surface area contributed by atoms with E-state index < -0.39 is 10.0 Å². The number of rotatable bonds is 3. The van der Waals surface area contributed by atoms with E-state index in [0.29, 0.717) is 23.2 Å². The molecule has 2 rings (SSSR count). The van der Waals surface area contributed by atoms with Crippen LogP contribution in [0.3, 0.4) is 0 Å². The zero-order valence-corrected chi connectivity index (χ0v) is 14.4. The lowest BCUT2D eigenvalue weighted by molar-refractivity contribution is 0.416. The summed E-state index contributed by atoms with van der Waals surface area (Å²) in [4.78, 5) is 1.31. The number of hydrogen-bond donors (Lipinski definition) is 0. The van der Waals surface area contributed by atoms with Crippen LogP contribution in [0.4, 0.5) is 0 Å². The highest BCUT2D eigenvalue weighted by Crippen LogP contribution is 2.33. The smallest absolute Gasteiger partial charge is 0.207 e. The zero-order chi connectivity index (χ0) is 13.3. The van der Waals surface area contributed by atoms with E-state index in [1.54, 1.807) is 10.4 Å². The van der Waals surface area contributed by atoms with Crippen LogP contribution in [0.5, 0.6) is 0 Å². The van der Waals surface area contributed by atoms with Gasteiger partial charge in [-0.05, 0) is 35.3 Å². The lowest BCUT2D eigenvalue weighted by atomic mass is 10.3. The molecular formula is C11H16BrNO2S3. The van der Waals surface area contributed by atoms with Crippen molar-refractivity contribution in [2.75, 3.05) is 18.8 Å². The van der Waals surface area contributed by atoms with Crippen LogP contribution in [-0.4, -0.2) is 36.8 Å². The minimum Gasteiger partial charge on any atom is -0.207 e. The Labute approximate surface area is 125 Å². The molecule has 0 radical (unpaired) electrons. The summed E-state index contributed by atoms with van der Waals surface area (Å²) in [6.07, 6.45) is 1.02. The van der Waals surface area contributed by atoms with Crippen molar-refractivity contribution in [1.82, 2.24) is 4.31 Å². The van der Waals surface area contributed by atoms with Crippen molar-refractivity contribution in [3.63, 3.8) is 0 Å². The lowest BCUT2D eigenvalue weighted by Crippen LogP contribution is -2.41. The van der Waals surface area contributed by atoms with Gasteiger partial charge in [-0.1, -0.05) is 6.92 Å². The van der Waals surface area contributed by atoms with Crippen LogP contribution in [0.2, 0.25) is 0 Å². The normalized spacial score (nSPS) is 22.3. The molecule has 7 heteroatoms. The predicted octanol–water partition coefficient (Wildman–Crippen LogP) is 3.34. The van der Waals surface area contributed by atoms with E-state index in [0.717, 1.165) is 20.8 Å². The largest absolute Gasteiger partial charge is 0.244 e. The van der Waals surface area contributed by atoms with Crippen LogP contribution in [0, 0.1) is 6.92 Å². The van der Waals surface area contributed by atoms with Gasteiger partial charge in [0.15, 0.2) is 0 Å². The molecule has 18 heavy (non-hydrogen) atoms. The Morgan fingerprint density at radius 2 is 2.28 bits per heavy atom. The van der Waals surface area contributed by atoms with Crippen LogP contribution in [0.25, 0.3) is 0 Å². The van der Waals surface area contributed by atoms with Gasteiger partial charge in [0.25, 0.3) is 0 Å². The van der Waals surface area contributed by atoms with Gasteiger partial charge in [0.05, 0.1) is 8.68 Å². The van der Waals surface area contributed by atoms with Gasteiger partial charge in [-0.3, -0.25) is 0 Å². The van der Waals surface area contributed by atoms with E-state index >= 15 is 0 Å². The topological polar surface area (TPSA) is 37.4 Å². The first-order valence-corrected chi connectivity index (χ1v) is 9.92. The fourth-order valence-electron chi connectivity index (χ4n) is 1.98. The van der Waals surface area contributed by atoms with Crippen molar-refractivity contribution in [3.05, 3.63) is 14.7 Å². The third kappa shape index (κ3) is 2.95. The number of thiophene rings is 1. The standard InChI is InChI=1S/C11H16BrNO2S3/c1-3-9-7-13(4-5-16-9)18(14,15)10-6-11(12)17-8(10)2/h6,9H,3-5,7H2,1-2H3.